The summed E-state index contributed by atoms with van der Waals surface area (Å²) in [7, 11) is 0. The summed E-state index contributed by atoms with van der Waals surface area (Å²) < 4.78 is 5.59. The Balaban J connectivity index is 1.76. The molecule has 3 aromatic heterocycles. The van der Waals surface area contributed by atoms with E-state index < -0.39 is 12.0 Å². The number of fused-ring (bicyclic) bond motifs is 1. The van der Waals surface area contributed by atoms with Gasteiger partial charge in [0.25, 0.3) is 5.91 Å². The maximum atomic E-state index is 12.6. The van der Waals surface area contributed by atoms with Crippen molar-refractivity contribution in [3.8, 4) is 0 Å². The average molecular weight is 389 g/mol. The topological polar surface area (TPSA) is 98.2 Å². The molecule has 7 nitrogen and oxygen atoms in total. The number of alkyl carbamates (subject to hydrolysis) is 1. The van der Waals surface area contributed by atoms with Gasteiger partial charge in [-0.1, -0.05) is 0 Å². The number of nitrogens with zero attached hydrogens (tertiary/aromatic N) is 2. The van der Waals surface area contributed by atoms with E-state index >= 15 is 0 Å². The predicted octanol–water partition coefficient (Wildman–Crippen LogP) is 3.37. The molecule has 0 aromatic carbocycles. The van der Waals surface area contributed by atoms with Crippen LogP contribution in [0, 0.1) is 6.92 Å². The van der Waals surface area contributed by atoms with Crippen molar-refractivity contribution in [2.24, 2.45) is 0 Å². The van der Waals surface area contributed by atoms with Crippen molar-refractivity contribution in [2.75, 3.05) is 6.61 Å². The number of Topliss-reactive ketones (excluding diaryl/α,β-unsaturated/α-hetero) is 1. The Bertz CT molecular complexity index is 993. The van der Waals surface area contributed by atoms with Crippen LogP contribution in [0.4, 0.5) is 4.79 Å². The number of carbonyl (C=O) groups is 3. The van der Waals surface area contributed by atoms with Crippen LogP contribution in [-0.4, -0.2) is 34.4 Å². The van der Waals surface area contributed by atoms with E-state index in [0.717, 1.165) is 10.4 Å². The molecular weight excluding hydrogens is 374 g/mol. The molecule has 0 saturated heterocycles. The van der Waals surface area contributed by atoms with Gasteiger partial charge in [0.1, 0.15) is 5.52 Å². The molecule has 3 heterocycles. The number of hydrogen-bond acceptors (Lipinski definition) is 8. The highest BCUT2D eigenvalue weighted by Crippen LogP contribution is 2.25. The molecule has 1 N–H and O–H groups in total. The van der Waals surface area contributed by atoms with Crippen LogP contribution in [0.1, 0.15) is 37.7 Å². The number of ether oxygens (including phenoxy) is 1. The summed E-state index contributed by atoms with van der Waals surface area (Å²) in [6.07, 6.45) is 0.867. The number of nitrogens with one attached hydrogen (secondary N) is 1. The van der Waals surface area contributed by atoms with Crippen LogP contribution in [0.2, 0.25) is 0 Å². The molecule has 0 saturated carbocycles. The SMILES string of the molecule is CCOC(=O)NC(=O)c1ccsc1CC(=O)c1nc2cnc(C)cc2s1. The molecule has 3 aromatic rings. The Morgan fingerprint density at radius 2 is 2.12 bits per heavy atom. The number of thiazole rings is 1. The summed E-state index contributed by atoms with van der Waals surface area (Å²) in [6, 6.07) is 3.46. The van der Waals surface area contributed by atoms with Crippen molar-refractivity contribution < 1.29 is 19.1 Å². The van der Waals surface area contributed by atoms with E-state index in [4.69, 9.17) is 4.74 Å². The molecule has 9 heteroatoms. The molecule has 0 unspecified atom stereocenters. The van der Waals surface area contributed by atoms with Gasteiger partial charge in [-0.05, 0) is 31.4 Å². The number of imide groups is 1. The third-order valence-electron chi connectivity index (χ3n) is 3.45. The van der Waals surface area contributed by atoms with Crippen molar-refractivity contribution in [1.29, 1.82) is 0 Å². The zero-order valence-electron chi connectivity index (χ0n) is 14.1. The standard InChI is InChI=1S/C17H15N3O4S2/c1-3-24-17(23)20-15(22)10-4-5-25-13(10)7-12(21)16-19-11-8-18-9(2)6-14(11)26-16/h4-6,8H,3,7H2,1-2H3,(H,20,22,23). The van der Waals surface area contributed by atoms with Gasteiger partial charge >= 0.3 is 6.09 Å². The lowest BCUT2D eigenvalue weighted by atomic mass is 10.1. The van der Waals surface area contributed by atoms with E-state index in [1.165, 1.54) is 22.7 Å². The smallest absolute Gasteiger partial charge is 0.414 e. The number of hydrogen-bond donors (Lipinski definition) is 1. The fourth-order valence-corrected chi connectivity index (χ4v) is 4.12. The molecule has 2 amide bonds. The van der Waals surface area contributed by atoms with E-state index in [1.807, 2.05) is 13.0 Å². The minimum Gasteiger partial charge on any atom is -0.450 e. The summed E-state index contributed by atoms with van der Waals surface area (Å²) in [5, 5.41) is 4.21. The number of pyridine rings is 1. The molecule has 3 rings (SSSR count). The second-order valence-corrected chi connectivity index (χ2v) is 7.38. The molecule has 0 fully saturated rings. The van der Waals surface area contributed by atoms with Crippen molar-refractivity contribution in [2.45, 2.75) is 20.3 Å². The average Bonchev–Trinajstić information content (AvgIpc) is 3.21. The number of aryl methyl sites for hydroxylation is 1. The minimum atomic E-state index is -0.810. The maximum absolute atomic E-state index is 12.6. The van der Waals surface area contributed by atoms with Gasteiger partial charge in [0.2, 0.25) is 0 Å². The summed E-state index contributed by atoms with van der Waals surface area (Å²) in [6.45, 7) is 3.69. The molecular formula is C17H15N3O4S2. The first kappa shape index (κ1) is 18.2. The first-order valence-electron chi connectivity index (χ1n) is 7.78. The monoisotopic (exact) mass is 389 g/mol. The Labute approximate surface area is 157 Å². The Morgan fingerprint density at radius 1 is 1.31 bits per heavy atom. The summed E-state index contributed by atoms with van der Waals surface area (Å²) >= 11 is 2.58. The highest BCUT2D eigenvalue weighted by molar-refractivity contribution is 7.20. The van der Waals surface area contributed by atoms with Crippen LogP contribution in [0.3, 0.4) is 0 Å². The number of carbonyl (C=O) groups excluding carboxylic acids is 3. The van der Waals surface area contributed by atoms with E-state index in [-0.39, 0.29) is 24.4 Å². The normalized spacial score (nSPS) is 10.7. The summed E-state index contributed by atoms with van der Waals surface area (Å²) in [5.41, 5.74) is 1.82. The van der Waals surface area contributed by atoms with E-state index in [1.54, 1.807) is 24.6 Å². The molecule has 0 radical (unpaired) electrons. The molecule has 26 heavy (non-hydrogen) atoms. The Morgan fingerprint density at radius 3 is 2.88 bits per heavy atom. The fourth-order valence-electron chi connectivity index (χ4n) is 2.28. The van der Waals surface area contributed by atoms with Crippen molar-refractivity contribution in [3.05, 3.63) is 44.9 Å². The Kier molecular flexibility index (Phi) is 5.38. The van der Waals surface area contributed by atoms with Crippen molar-refractivity contribution in [3.63, 3.8) is 0 Å². The highest BCUT2D eigenvalue weighted by atomic mass is 32.1. The van der Waals surface area contributed by atoms with Crippen LogP contribution in [0.5, 0.6) is 0 Å². The Hall–Kier alpha value is -2.65. The van der Waals surface area contributed by atoms with Gasteiger partial charge in [-0.25, -0.2) is 9.78 Å². The van der Waals surface area contributed by atoms with Gasteiger partial charge in [-0.2, -0.15) is 0 Å². The van der Waals surface area contributed by atoms with E-state index in [9.17, 15) is 14.4 Å². The molecule has 0 atom stereocenters. The van der Waals surface area contributed by atoms with Gasteiger partial charge in [-0.15, -0.1) is 22.7 Å². The van der Waals surface area contributed by atoms with Gasteiger partial charge in [0, 0.05) is 17.0 Å². The van der Waals surface area contributed by atoms with Crippen LogP contribution >= 0.6 is 22.7 Å². The molecule has 0 aliphatic heterocycles. The first-order valence-corrected chi connectivity index (χ1v) is 9.48. The second-order valence-electron chi connectivity index (χ2n) is 5.34. The minimum absolute atomic E-state index is 0.0372. The zero-order chi connectivity index (χ0) is 18.7. The lowest BCUT2D eigenvalue weighted by Crippen LogP contribution is -2.31. The number of ketones is 1. The summed E-state index contributed by atoms with van der Waals surface area (Å²) in [5.74, 6) is -0.770. The predicted molar refractivity (Wildman–Crippen MR) is 99.0 cm³/mol. The molecule has 0 spiro atoms. The van der Waals surface area contributed by atoms with Crippen LogP contribution in [0.25, 0.3) is 10.2 Å². The van der Waals surface area contributed by atoms with Crippen molar-refractivity contribution in [1.82, 2.24) is 15.3 Å². The number of rotatable bonds is 5. The summed E-state index contributed by atoms with van der Waals surface area (Å²) in [4.78, 5) is 45.2. The van der Waals surface area contributed by atoms with Gasteiger partial charge in [0.05, 0.1) is 23.1 Å². The quantitative estimate of drug-likeness (QED) is 0.672. The third-order valence-corrected chi connectivity index (χ3v) is 5.43. The molecule has 134 valence electrons. The van der Waals surface area contributed by atoms with E-state index in [2.05, 4.69) is 15.3 Å². The van der Waals surface area contributed by atoms with Gasteiger partial charge in [-0.3, -0.25) is 19.9 Å². The lowest BCUT2D eigenvalue weighted by Gasteiger charge is -2.04. The maximum Gasteiger partial charge on any atom is 0.414 e. The fraction of sp³-hybridized carbons (Fsp3) is 0.235. The van der Waals surface area contributed by atoms with Gasteiger partial charge in [0.15, 0.2) is 10.8 Å². The van der Waals surface area contributed by atoms with Crippen molar-refractivity contribution >= 4 is 50.7 Å². The van der Waals surface area contributed by atoms with Crippen LogP contribution < -0.4 is 5.32 Å². The highest BCUT2D eigenvalue weighted by Gasteiger charge is 2.20. The lowest BCUT2D eigenvalue weighted by molar-refractivity contribution is 0.0925. The second kappa shape index (κ2) is 7.71. The number of thiophene rings is 1. The largest absolute Gasteiger partial charge is 0.450 e. The van der Waals surface area contributed by atoms with E-state index in [0.29, 0.717) is 15.4 Å². The third kappa shape index (κ3) is 3.94. The molecule has 0 bridgehead atoms. The number of amides is 2. The zero-order valence-corrected chi connectivity index (χ0v) is 15.7. The van der Waals surface area contributed by atoms with Crippen LogP contribution in [0.15, 0.2) is 23.7 Å². The number of aromatic nitrogens is 2. The molecule has 0 aliphatic carbocycles. The van der Waals surface area contributed by atoms with Crippen LogP contribution in [-0.2, 0) is 11.2 Å². The first-order chi connectivity index (χ1) is 12.5. The van der Waals surface area contributed by atoms with Gasteiger partial charge < -0.3 is 4.74 Å². The molecule has 0 aliphatic rings.